The molecular weight excluding hydrogens is 336 g/mol. The van der Waals surface area contributed by atoms with E-state index in [1.165, 1.54) is 32.4 Å². The zero-order chi connectivity index (χ0) is 17.9. The number of carbonyl (C=O) groups excluding carboxylic acids is 2. The van der Waals surface area contributed by atoms with Crippen LogP contribution >= 0.6 is 11.8 Å². The van der Waals surface area contributed by atoms with E-state index in [2.05, 4.69) is 0 Å². The highest BCUT2D eigenvalue weighted by Crippen LogP contribution is 2.38. The third-order valence-electron chi connectivity index (χ3n) is 3.34. The second-order valence-electron chi connectivity index (χ2n) is 4.86. The summed E-state index contributed by atoms with van der Waals surface area (Å²) in [5.74, 6) is 0.0542. The zero-order valence-corrected chi connectivity index (χ0v) is 14.2. The number of nitro groups is 1. The van der Waals surface area contributed by atoms with Gasteiger partial charge < -0.3 is 9.47 Å². The van der Waals surface area contributed by atoms with Gasteiger partial charge in [0.05, 0.1) is 35.7 Å². The first-order valence-electron chi connectivity index (χ1n) is 7.08. The standard InChI is InChI=1S/C15H16N2O6S/c1-4-5-16-14(18)13(24-15(16)19)7-9-6-11(22-2)12(23-3)8-10(9)17(20)21/h6-8H,4-5H2,1-3H3/b13-7+. The second-order valence-corrected chi connectivity index (χ2v) is 5.85. The molecule has 0 unspecified atom stereocenters. The van der Waals surface area contributed by atoms with Crippen LogP contribution in [-0.2, 0) is 4.79 Å². The fraction of sp³-hybridized carbons (Fsp3) is 0.333. The summed E-state index contributed by atoms with van der Waals surface area (Å²) in [7, 11) is 2.78. The largest absolute Gasteiger partial charge is 0.493 e. The molecule has 1 aromatic rings. The molecule has 1 saturated heterocycles. The summed E-state index contributed by atoms with van der Waals surface area (Å²) < 4.78 is 10.2. The van der Waals surface area contributed by atoms with E-state index in [1.54, 1.807) is 0 Å². The Morgan fingerprint density at radius 1 is 1.25 bits per heavy atom. The Kier molecular flexibility index (Phi) is 5.45. The summed E-state index contributed by atoms with van der Waals surface area (Å²) in [6.45, 7) is 2.17. The van der Waals surface area contributed by atoms with Crippen LogP contribution in [0.5, 0.6) is 11.5 Å². The SMILES string of the molecule is CCCN1C(=O)S/C(=C/c2cc(OC)c(OC)cc2[N+](=O)[O-])C1=O. The Bertz CT molecular complexity index is 731. The molecule has 1 heterocycles. The molecule has 24 heavy (non-hydrogen) atoms. The number of ether oxygens (including phenoxy) is 2. The lowest BCUT2D eigenvalue weighted by Crippen LogP contribution is -2.28. The lowest BCUT2D eigenvalue weighted by atomic mass is 10.1. The third-order valence-corrected chi connectivity index (χ3v) is 4.24. The van der Waals surface area contributed by atoms with Crippen molar-refractivity contribution in [3.05, 3.63) is 32.7 Å². The Balaban J connectivity index is 2.50. The molecule has 0 aliphatic carbocycles. The molecule has 1 fully saturated rings. The van der Waals surface area contributed by atoms with Crippen molar-refractivity contribution < 1.29 is 24.0 Å². The van der Waals surface area contributed by atoms with Gasteiger partial charge in [-0.2, -0.15) is 0 Å². The van der Waals surface area contributed by atoms with Gasteiger partial charge in [-0.15, -0.1) is 0 Å². The molecule has 0 radical (unpaired) electrons. The predicted octanol–water partition coefficient (Wildman–Crippen LogP) is 3.06. The van der Waals surface area contributed by atoms with Crippen LogP contribution in [-0.4, -0.2) is 41.7 Å². The van der Waals surface area contributed by atoms with Gasteiger partial charge in [-0.05, 0) is 30.3 Å². The molecule has 9 heteroatoms. The van der Waals surface area contributed by atoms with Gasteiger partial charge in [-0.1, -0.05) is 6.92 Å². The first-order valence-corrected chi connectivity index (χ1v) is 7.90. The fourth-order valence-electron chi connectivity index (χ4n) is 2.22. The summed E-state index contributed by atoms with van der Waals surface area (Å²) in [6, 6.07) is 2.63. The van der Waals surface area contributed by atoms with E-state index in [9.17, 15) is 19.7 Å². The maximum atomic E-state index is 12.3. The molecule has 0 N–H and O–H groups in total. The van der Waals surface area contributed by atoms with Crippen molar-refractivity contribution in [1.82, 2.24) is 4.90 Å². The number of rotatable bonds is 6. The highest BCUT2D eigenvalue weighted by Gasteiger charge is 2.35. The molecule has 0 aromatic heterocycles. The van der Waals surface area contributed by atoms with Crippen LogP contribution < -0.4 is 9.47 Å². The Labute approximate surface area is 142 Å². The average molecular weight is 352 g/mol. The van der Waals surface area contributed by atoms with Gasteiger partial charge in [0.2, 0.25) is 0 Å². The van der Waals surface area contributed by atoms with E-state index in [1.807, 2.05) is 6.92 Å². The van der Waals surface area contributed by atoms with Gasteiger partial charge in [0.15, 0.2) is 11.5 Å². The minimum absolute atomic E-state index is 0.142. The van der Waals surface area contributed by atoms with Crippen molar-refractivity contribution >= 4 is 34.7 Å². The molecule has 1 aromatic carbocycles. The summed E-state index contributed by atoms with van der Waals surface area (Å²) in [5.41, 5.74) is -0.0745. The highest BCUT2D eigenvalue weighted by atomic mass is 32.2. The summed E-state index contributed by atoms with van der Waals surface area (Å²) in [4.78, 5) is 36.1. The van der Waals surface area contributed by atoms with E-state index in [0.717, 1.165) is 16.7 Å². The Morgan fingerprint density at radius 2 is 1.88 bits per heavy atom. The zero-order valence-electron chi connectivity index (χ0n) is 13.4. The van der Waals surface area contributed by atoms with Crippen molar-refractivity contribution in [1.29, 1.82) is 0 Å². The van der Waals surface area contributed by atoms with Crippen molar-refractivity contribution in [2.45, 2.75) is 13.3 Å². The van der Waals surface area contributed by atoms with Crippen molar-refractivity contribution in [2.24, 2.45) is 0 Å². The van der Waals surface area contributed by atoms with Crippen LogP contribution in [0.1, 0.15) is 18.9 Å². The van der Waals surface area contributed by atoms with Crippen molar-refractivity contribution in [2.75, 3.05) is 20.8 Å². The molecule has 2 amide bonds. The molecule has 0 atom stereocenters. The van der Waals surface area contributed by atoms with Crippen LogP contribution in [0.15, 0.2) is 17.0 Å². The molecule has 1 aliphatic rings. The maximum absolute atomic E-state index is 12.3. The minimum Gasteiger partial charge on any atom is -0.493 e. The molecule has 8 nitrogen and oxygen atoms in total. The lowest BCUT2D eigenvalue weighted by Gasteiger charge is -2.10. The molecule has 0 bridgehead atoms. The molecule has 2 rings (SSSR count). The van der Waals surface area contributed by atoms with Gasteiger partial charge >= 0.3 is 0 Å². The lowest BCUT2D eigenvalue weighted by molar-refractivity contribution is -0.385. The smallest absolute Gasteiger partial charge is 0.293 e. The number of nitrogens with zero attached hydrogens (tertiary/aromatic N) is 2. The van der Waals surface area contributed by atoms with Gasteiger partial charge in [0, 0.05) is 6.54 Å². The van der Waals surface area contributed by atoms with E-state index < -0.39 is 10.8 Å². The van der Waals surface area contributed by atoms with E-state index in [4.69, 9.17) is 9.47 Å². The fourth-order valence-corrected chi connectivity index (χ4v) is 3.07. The molecule has 128 valence electrons. The van der Waals surface area contributed by atoms with Crippen LogP contribution in [0.25, 0.3) is 6.08 Å². The monoisotopic (exact) mass is 352 g/mol. The number of nitro benzene ring substituents is 1. The minimum atomic E-state index is -0.579. The number of hydrogen-bond donors (Lipinski definition) is 0. The number of carbonyl (C=O) groups is 2. The molecular formula is C15H16N2O6S. The molecule has 0 saturated carbocycles. The highest BCUT2D eigenvalue weighted by molar-refractivity contribution is 8.18. The van der Waals surface area contributed by atoms with E-state index >= 15 is 0 Å². The van der Waals surface area contributed by atoms with Crippen molar-refractivity contribution in [3.8, 4) is 11.5 Å². The quantitative estimate of drug-likeness (QED) is 0.441. The third kappa shape index (κ3) is 3.35. The van der Waals surface area contributed by atoms with Crippen LogP contribution in [0, 0.1) is 10.1 Å². The first kappa shape index (κ1) is 17.8. The molecule has 1 aliphatic heterocycles. The number of benzene rings is 1. The normalized spacial score (nSPS) is 16.0. The van der Waals surface area contributed by atoms with Crippen LogP contribution in [0.3, 0.4) is 0 Å². The number of thioether (sulfide) groups is 1. The number of hydrogen-bond acceptors (Lipinski definition) is 7. The molecule has 0 spiro atoms. The van der Waals surface area contributed by atoms with Crippen molar-refractivity contribution in [3.63, 3.8) is 0 Å². The number of amides is 2. The van der Waals surface area contributed by atoms with Gasteiger partial charge in [0.25, 0.3) is 16.8 Å². The topological polar surface area (TPSA) is 99.0 Å². The van der Waals surface area contributed by atoms with Crippen LogP contribution in [0.4, 0.5) is 10.5 Å². The van der Waals surface area contributed by atoms with E-state index in [-0.39, 0.29) is 27.1 Å². The maximum Gasteiger partial charge on any atom is 0.293 e. The second kappa shape index (κ2) is 7.35. The summed E-state index contributed by atoms with van der Waals surface area (Å²) >= 11 is 0.764. The Morgan fingerprint density at radius 3 is 2.42 bits per heavy atom. The average Bonchev–Trinajstić information content (AvgIpc) is 2.82. The van der Waals surface area contributed by atoms with E-state index in [0.29, 0.717) is 18.7 Å². The van der Waals surface area contributed by atoms with Gasteiger partial charge in [-0.3, -0.25) is 24.6 Å². The Hall–Kier alpha value is -2.55. The number of methoxy groups -OCH3 is 2. The number of imide groups is 1. The van der Waals surface area contributed by atoms with Gasteiger partial charge in [0.1, 0.15) is 0 Å². The summed E-state index contributed by atoms with van der Waals surface area (Å²) in [6.07, 6.45) is 1.97. The van der Waals surface area contributed by atoms with Crippen LogP contribution in [0.2, 0.25) is 0 Å². The predicted molar refractivity (Wildman–Crippen MR) is 89.2 cm³/mol. The first-order chi connectivity index (χ1) is 11.4. The summed E-state index contributed by atoms with van der Waals surface area (Å²) in [5, 5.41) is 10.9. The van der Waals surface area contributed by atoms with Gasteiger partial charge in [-0.25, -0.2) is 0 Å².